The van der Waals surface area contributed by atoms with E-state index in [4.69, 9.17) is 15.0 Å². The largest absolute Gasteiger partial charge is 0.483 e. The van der Waals surface area contributed by atoms with Crippen LogP contribution in [0.5, 0.6) is 0 Å². The first-order valence-electron chi connectivity index (χ1n) is 7.17. The van der Waals surface area contributed by atoms with E-state index in [0.29, 0.717) is 5.56 Å². The third kappa shape index (κ3) is 6.93. The van der Waals surface area contributed by atoms with Crippen LogP contribution >= 0.6 is 0 Å². The van der Waals surface area contributed by atoms with Gasteiger partial charge in [0, 0.05) is 0 Å². The lowest BCUT2D eigenvalue weighted by Crippen LogP contribution is -2.08. The fraction of sp³-hybridized carbons (Fsp3) is 0.529. The maximum atomic E-state index is 11.1. The van der Waals surface area contributed by atoms with Crippen molar-refractivity contribution in [2.24, 2.45) is 0 Å². The molecule has 1 aromatic rings. The molecule has 122 valence electrons. The van der Waals surface area contributed by atoms with Crippen molar-refractivity contribution in [2.75, 3.05) is 0 Å². The third-order valence-electron chi connectivity index (χ3n) is 3.21. The normalized spacial score (nSPS) is 8.05. The van der Waals surface area contributed by atoms with Crippen molar-refractivity contribution >= 4 is 12.4 Å². The third-order valence-corrected chi connectivity index (χ3v) is 3.21. The van der Waals surface area contributed by atoms with Crippen LogP contribution in [0.15, 0.2) is 0 Å². The number of aromatic carboxylic acids is 1. The van der Waals surface area contributed by atoms with Crippen LogP contribution in [0.3, 0.4) is 0 Å². The van der Waals surface area contributed by atoms with Crippen molar-refractivity contribution in [1.29, 1.82) is 0 Å². The van der Waals surface area contributed by atoms with Gasteiger partial charge in [0.1, 0.15) is 0 Å². The SMILES string of the molecule is CC.CC.Cc1c(C)c(C)c(C(=O)O)c(C)c1C.O=CO. The van der Waals surface area contributed by atoms with E-state index in [-0.39, 0.29) is 6.47 Å². The number of carbonyl (C=O) groups is 2. The Morgan fingerprint density at radius 2 is 0.952 bits per heavy atom. The van der Waals surface area contributed by atoms with Crippen LogP contribution in [0.25, 0.3) is 0 Å². The van der Waals surface area contributed by atoms with Gasteiger partial charge >= 0.3 is 5.97 Å². The number of carboxylic acid groups (broad SMARTS) is 2. The Labute approximate surface area is 128 Å². The minimum absolute atomic E-state index is 0.250. The highest BCUT2D eigenvalue weighted by Gasteiger charge is 2.16. The van der Waals surface area contributed by atoms with Gasteiger partial charge in [-0.2, -0.15) is 0 Å². The lowest BCUT2D eigenvalue weighted by molar-refractivity contribution is -0.122. The molecule has 0 fully saturated rings. The van der Waals surface area contributed by atoms with Crippen molar-refractivity contribution in [3.63, 3.8) is 0 Å². The van der Waals surface area contributed by atoms with Crippen molar-refractivity contribution in [2.45, 2.75) is 62.3 Å². The lowest BCUT2D eigenvalue weighted by Gasteiger charge is -2.15. The molecule has 0 aromatic heterocycles. The van der Waals surface area contributed by atoms with Crippen LogP contribution in [-0.2, 0) is 4.79 Å². The first-order valence-corrected chi connectivity index (χ1v) is 7.17. The summed E-state index contributed by atoms with van der Waals surface area (Å²) in [4.78, 5) is 19.4. The average Bonchev–Trinajstić information content (AvgIpc) is 2.48. The van der Waals surface area contributed by atoms with Gasteiger partial charge in [0.2, 0.25) is 0 Å². The van der Waals surface area contributed by atoms with E-state index in [1.807, 2.05) is 62.3 Å². The average molecular weight is 298 g/mol. The van der Waals surface area contributed by atoms with E-state index >= 15 is 0 Å². The second-order valence-corrected chi connectivity index (χ2v) is 3.91. The van der Waals surface area contributed by atoms with E-state index in [2.05, 4.69) is 0 Å². The molecule has 0 saturated heterocycles. The molecule has 0 unspecified atom stereocenters. The van der Waals surface area contributed by atoms with E-state index < -0.39 is 5.97 Å². The Morgan fingerprint density at radius 3 is 1.14 bits per heavy atom. The Hall–Kier alpha value is -1.84. The summed E-state index contributed by atoms with van der Waals surface area (Å²) in [6.07, 6.45) is 0. The van der Waals surface area contributed by atoms with Crippen LogP contribution < -0.4 is 0 Å². The first-order chi connectivity index (χ1) is 9.79. The fourth-order valence-corrected chi connectivity index (χ4v) is 1.82. The van der Waals surface area contributed by atoms with Gasteiger partial charge in [-0.05, 0) is 62.4 Å². The van der Waals surface area contributed by atoms with Gasteiger partial charge in [-0.1, -0.05) is 27.7 Å². The van der Waals surface area contributed by atoms with Crippen molar-refractivity contribution < 1.29 is 19.8 Å². The number of benzene rings is 1. The maximum absolute atomic E-state index is 11.1. The predicted molar refractivity (Wildman–Crippen MR) is 88.5 cm³/mol. The van der Waals surface area contributed by atoms with Gasteiger partial charge < -0.3 is 10.2 Å². The highest BCUT2D eigenvalue weighted by molar-refractivity contribution is 5.92. The smallest absolute Gasteiger partial charge is 0.336 e. The molecule has 4 heteroatoms. The van der Waals surface area contributed by atoms with Gasteiger partial charge in [0.25, 0.3) is 6.47 Å². The Balaban J connectivity index is -0.000000399. The minimum atomic E-state index is -0.828. The Bertz CT molecular complexity index is 420. The van der Waals surface area contributed by atoms with Gasteiger partial charge in [-0.25, -0.2) is 4.79 Å². The van der Waals surface area contributed by atoms with Gasteiger partial charge in [-0.3, -0.25) is 4.79 Å². The van der Waals surface area contributed by atoms with E-state index in [1.165, 1.54) is 5.56 Å². The molecule has 0 aliphatic heterocycles. The molecule has 21 heavy (non-hydrogen) atoms. The highest BCUT2D eigenvalue weighted by Crippen LogP contribution is 2.25. The van der Waals surface area contributed by atoms with Gasteiger partial charge in [-0.15, -0.1) is 0 Å². The zero-order chi connectivity index (χ0) is 17.7. The highest BCUT2D eigenvalue weighted by atomic mass is 16.4. The summed E-state index contributed by atoms with van der Waals surface area (Å²) in [6.45, 7) is 17.5. The molecule has 0 heterocycles. The van der Waals surface area contributed by atoms with Gasteiger partial charge in [0.05, 0.1) is 5.56 Å². The molecule has 1 rings (SSSR count). The number of carboxylic acids is 1. The molecular formula is C17H30O4. The first kappa shape index (κ1) is 24.2. The molecule has 0 amide bonds. The molecule has 0 aliphatic rings. The van der Waals surface area contributed by atoms with Crippen LogP contribution in [0, 0.1) is 34.6 Å². The monoisotopic (exact) mass is 298 g/mol. The van der Waals surface area contributed by atoms with E-state index in [0.717, 1.165) is 22.3 Å². The zero-order valence-corrected chi connectivity index (χ0v) is 14.8. The second kappa shape index (κ2) is 13.2. The molecule has 4 nitrogen and oxygen atoms in total. The van der Waals surface area contributed by atoms with Crippen LogP contribution in [0.1, 0.15) is 65.9 Å². The number of rotatable bonds is 1. The molecular weight excluding hydrogens is 268 g/mol. The summed E-state index contributed by atoms with van der Waals surface area (Å²) in [5.41, 5.74) is 5.61. The summed E-state index contributed by atoms with van der Waals surface area (Å²) in [7, 11) is 0. The summed E-state index contributed by atoms with van der Waals surface area (Å²) < 4.78 is 0. The van der Waals surface area contributed by atoms with Crippen LogP contribution in [0.4, 0.5) is 0 Å². The molecule has 0 atom stereocenters. The van der Waals surface area contributed by atoms with Crippen molar-refractivity contribution in [3.8, 4) is 0 Å². The molecule has 0 aliphatic carbocycles. The quantitative estimate of drug-likeness (QED) is 0.738. The molecule has 0 bridgehead atoms. The maximum Gasteiger partial charge on any atom is 0.336 e. The van der Waals surface area contributed by atoms with E-state index in [9.17, 15) is 4.79 Å². The zero-order valence-electron chi connectivity index (χ0n) is 14.8. The summed E-state index contributed by atoms with van der Waals surface area (Å²) >= 11 is 0. The standard InChI is InChI=1S/C12H16O2.2C2H6.CH2O2/c1-6-7(2)9(4)11(12(13)14)10(5)8(6)3;2*1-2;2-1-3/h1-5H3,(H,13,14);2*1-2H3;1H,(H,2,3). The number of hydrogen-bond acceptors (Lipinski definition) is 2. The fourth-order valence-electron chi connectivity index (χ4n) is 1.82. The summed E-state index contributed by atoms with van der Waals surface area (Å²) in [5, 5.41) is 16.0. The van der Waals surface area contributed by atoms with E-state index in [1.54, 1.807) is 0 Å². The van der Waals surface area contributed by atoms with Crippen LogP contribution in [-0.4, -0.2) is 22.7 Å². The Morgan fingerprint density at radius 1 is 0.762 bits per heavy atom. The molecule has 0 saturated carbocycles. The second-order valence-electron chi connectivity index (χ2n) is 3.91. The number of hydrogen-bond donors (Lipinski definition) is 2. The molecule has 2 N–H and O–H groups in total. The topological polar surface area (TPSA) is 74.6 Å². The predicted octanol–water partition coefficient (Wildman–Crippen LogP) is 4.68. The molecule has 0 radical (unpaired) electrons. The molecule has 0 spiro atoms. The summed E-state index contributed by atoms with van der Waals surface area (Å²) in [6, 6.07) is 0. The lowest BCUT2D eigenvalue weighted by atomic mass is 9.90. The van der Waals surface area contributed by atoms with Gasteiger partial charge in [0.15, 0.2) is 0 Å². The van der Waals surface area contributed by atoms with Crippen molar-refractivity contribution in [3.05, 3.63) is 33.4 Å². The Kier molecular flexibility index (Phi) is 15.2. The summed E-state index contributed by atoms with van der Waals surface area (Å²) in [5.74, 6) is -0.828. The minimum Gasteiger partial charge on any atom is -0.483 e. The molecule has 1 aromatic carbocycles. The van der Waals surface area contributed by atoms with Crippen LogP contribution in [0.2, 0.25) is 0 Å². The van der Waals surface area contributed by atoms with Crippen molar-refractivity contribution in [1.82, 2.24) is 0 Å².